The molecule has 0 atom stereocenters. The van der Waals surface area contributed by atoms with Crippen LogP contribution in [0.25, 0.3) is 138 Å². The van der Waals surface area contributed by atoms with Crippen LogP contribution in [0.3, 0.4) is 0 Å². The predicted molar refractivity (Wildman–Crippen MR) is 259 cm³/mol. The molecule has 0 unspecified atom stereocenters. The molecule has 14 rings (SSSR count). The number of H-pyrrole nitrogens is 1. The third-order valence-electron chi connectivity index (χ3n) is 13.0. The maximum Gasteiger partial charge on any atom is 0.160 e. The number of para-hydroxylation sites is 4. The number of benzene rings is 9. The molecule has 0 aliphatic rings. The van der Waals surface area contributed by atoms with Crippen molar-refractivity contribution in [2.75, 3.05) is 0 Å². The van der Waals surface area contributed by atoms with Gasteiger partial charge in [-0.1, -0.05) is 146 Å². The number of rotatable bonds is 5. The van der Waals surface area contributed by atoms with E-state index >= 15 is 0 Å². The lowest BCUT2D eigenvalue weighted by Gasteiger charge is -2.13. The lowest BCUT2D eigenvalue weighted by Crippen LogP contribution is -1.94. The van der Waals surface area contributed by atoms with Gasteiger partial charge in [-0.15, -0.1) is 0 Å². The molecule has 9 aromatic carbocycles. The van der Waals surface area contributed by atoms with E-state index in [0.717, 1.165) is 138 Å². The normalized spacial score (nSPS) is 12.1. The number of fused-ring (bicyclic) bond motifs is 13. The van der Waals surface area contributed by atoms with Crippen LogP contribution in [0.15, 0.2) is 214 Å². The summed E-state index contributed by atoms with van der Waals surface area (Å²) in [6.07, 6.45) is 2.15. The van der Waals surface area contributed by atoms with Gasteiger partial charge in [-0.05, 0) is 70.8 Å². The smallest absolute Gasteiger partial charge is 0.160 e. The average molecular weight is 807 g/mol. The Labute approximate surface area is 359 Å². The Bertz CT molecular complexity index is 4080. The Morgan fingerprint density at radius 1 is 0.365 bits per heavy atom. The largest absolute Gasteiger partial charge is 0.456 e. The molecule has 0 amide bonds. The van der Waals surface area contributed by atoms with E-state index in [1.165, 1.54) is 0 Å². The molecular weight excluding hydrogens is 773 g/mol. The van der Waals surface area contributed by atoms with Crippen molar-refractivity contribution >= 4 is 87.6 Å². The molecule has 5 nitrogen and oxygen atoms in total. The lowest BCUT2D eigenvalue weighted by atomic mass is 9.89. The van der Waals surface area contributed by atoms with Crippen molar-refractivity contribution in [3.8, 4) is 50.3 Å². The molecule has 0 saturated carbocycles. The average Bonchev–Trinajstić information content (AvgIpc) is 4.18. The fourth-order valence-electron chi connectivity index (χ4n) is 10.3. The molecule has 0 fully saturated rings. The van der Waals surface area contributed by atoms with Crippen molar-refractivity contribution in [1.29, 1.82) is 0 Å². The SMILES string of the molecule is c1ccc(-c2c[nH]c(-c3ccccc3)c2-c2ccc(-c3ccc4oc5ccccc5c4c3)c3oc4c(-n5c6ccccc6c6ccc7c8ccccc8oc7c65)cccc4c23)cc1. The summed E-state index contributed by atoms with van der Waals surface area (Å²) in [6, 6.07) is 68.4. The number of aromatic nitrogens is 2. The van der Waals surface area contributed by atoms with Gasteiger partial charge >= 0.3 is 0 Å². The standard InChI is InChI=1S/C58H34N2O3/c1-3-14-34(15-4-1)46-33-59-54(35-16-5-2-6-17-35)52(46)43-30-27-37(36-26-31-51-45(32-36)40-20-9-11-24-49(40)61-51)57-53(43)44-21-13-23-48(56(44)63-57)60-47-22-10-7-18-38(47)41-28-29-42-39-19-8-12-25-50(39)62-58(42)55(41)60/h1-33,59H. The number of furan rings is 3. The van der Waals surface area contributed by atoms with E-state index in [-0.39, 0.29) is 0 Å². The van der Waals surface area contributed by atoms with Gasteiger partial charge in [-0.3, -0.25) is 0 Å². The Morgan fingerprint density at radius 3 is 1.84 bits per heavy atom. The molecule has 0 saturated heterocycles. The summed E-state index contributed by atoms with van der Waals surface area (Å²) in [6.45, 7) is 0. The van der Waals surface area contributed by atoms with E-state index in [4.69, 9.17) is 13.3 Å². The van der Waals surface area contributed by atoms with E-state index in [0.29, 0.717) is 0 Å². The van der Waals surface area contributed by atoms with Gasteiger partial charge in [0.2, 0.25) is 0 Å². The highest BCUT2D eigenvalue weighted by atomic mass is 16.3. The fourth-order valence-corrected chi connectivity index (χ4v) is 10.3. The van der Waals surface area contributed by atoms with Crippen molar-refractivity contribution in [2.45, 2.75) is 0 Å². The zero-order chi connectivity index (χ0) is 41.2. The zero-order valence-corrected chi connectivity index (χ0v) is 33.7. The Kier molecular flexibility index (Phi) is 7.05. The van der Waals surface area contributed by atoms with Crippen molar-refractivity contribution < 1.29 is 13.3 Å². The second kappa shape index (κ2) is 13.0. The fraction of sp³-hybridized carbons (Fsp3) is 0. The van der Waals surface area contributed by atoms with E-state index < -0.39 is 0 Å². The first-order chi connectivity index (χ1) is 31.3. The third kappa shape index (κ3) is 4.87. The van der Waals surface area contributed by atoms with Crippen LogP contribution in [-0.4, -0.2) is 9.55 Å². The van der Waals surface area contributed by atoms with Crippen LogP contribution in [0.5, 0.6) is 0 Å². The number of aromatic amines is 1. The Hall–Kier alpha value is -8.54. The summed E-state index contributed by atoms with van der Waals surface area (Å²) >= 11 is 0. The Balaban J connectivity index is 1.12. The van der Waals surface area contributed by atoms with Crippen molar-refractivity contribution in [2.24, 2.45) is 0 Å². The summed E-state index contributed by atoms with van der Waals surface area (Å²) in [5, 5.41) is 8.68. The minimum Gasteiger partial charge on any atom is -0.456 e. The first-order valence-corrected chi connectivity index (χ1v) is 21.3. The van der Waals surface area contributed by atoms with E-state index in [9.17, 15) is 0 Å². The van der Waals surface area contributed by atoms with Gasteiger partial charge in [0.05, 0.1) is 22.4 Å². The highest BCUT2D eigenvalue weighted by Crippen LogP contribution is 2.50. The van der Waals surface area contributed by atoms with E-state index in [1.54, 1.807) is 0 Å². The van der Waals surface area contributed by atoms with Gasteiger partial charge in [-0.2, -0.15) is 0 Å². The van der Waals surface area contributed by atoms with Crippen molar-refractivity contribution in [3.05, 3.63) is 200 Å². The number of hydrogen-bond donors (Lipinski definition) is 1. The number of hydrogen-bond acceptors (Lipinski definition) is 3. The quantitative estimate of drug-likeness (QED) is 0.188. The van der Waals surface area contributed by atoms with Crippen LogP contribution < -0.4 is 0 Å². The minimum atomic E-state index is 0.796. The molecular formula is C58H34N2O3. The molecule has 0 aliphatic heterocycles. The first-order valence-electron chi connectivity index (χ1n) is 21.3. The topological polar surface area (TPSA) is 60.1 Å². The molecule has 294 valence electrons. The maximum absolute atomic E-state index is 7.49. The van der Waals surface area contributed by atoms with Gasteiger partial charge < -0.3 is 22.8 Å². The maximum atomic E-state index is 7.49. The highest BCUT2D eigenvalue weighted by Gasteiger charge is 2.27. The predicted octanol–water partition coefficient (Wildman–Crippen LogP) is 16.5. The molecule has 0 bridgehead atoms. The van der Waals surface area contributed by atoms with Gasteiger partial charge in [0.25, 0.3) is 0 Å². The first kappa shape index (κ1) is 34.2. The van der Waals surface area contributed by atoms with E-state index in [2.05, 4.69) is 192 Å². The third-order valence-corrected chi connectivity index (χ3v) is 13.0. The van der Waals surface area contributed by atoms with Crippen molar-refractivity contribution in [3.63, 3.8) is 0 Å². The summed E-state index contributed by atoms with van der Waals surface area (Å²) in [5.41, 5.74) is 16.8. The summed E-state index contributed by atoms with van der Waals surface area (Å²) < 4.78 is 22.9. The molecule has 14 aromatic rings. The van der Waals surface area contributed by atoms with Gasteiger partial charge in [0.15, 0.2) is 11.2 Å². The second-order valence-electron chi connectivity index (χ2n) is 16.4. The number of nitrogens with zero attached hydrogens (tertiary/aromatic N) is 1. The molecule has 63 heavy (non-hydrogen) atoms. The van der Waals surface area contributed by atoms with Gasteiger partial charge in [0.1, 0.15) is 22.3 Å². The monoisotopic (exact) mass is 806 g/mol. The summed E-state index contributed by atoms with van der Waals surface area (Å²) in [7, 11) is 0. The van der Waals surface area contributed by atoms with Gasteiger partial charge in [0, 0.05) is 66.0 Å². The van der Waals surface area contributed by atoms with Crippen LogP contribution in [0.4, 0.5) is 0 Å². The highest BCUT2D eigenvalue weighted by molar-refractivity contribution is 6.24. The van der Waals surface area contributed by atoms with Crippen molar-refractivity contribution in [1.82, 2.24) is 9.55 Å². The molecule has 0 spiro atoms. The molecule has 0 aliphatic carbocycles. The van der Waals surface area contributed by atoms with E-state index in [1.807, 2.05) is 18.2 Å². The molecule has 1 N–H and O–H groups in total. The second-order valence-corrected chi connectivity index (χ2v) is 16.4. The molecule has 5 aromatic heterocycles. The van der Waals surface area contributed by atoms with Crippen LogP contribution in [-0.2, 0) is 0 Å². The summed E-state index contributed by atoms with van der Waals surface area (Å²) in [4.78, 5) is 3.72. The number of nitrogens with one attached hydrogen (secondary N) is 1. The summed E-state index contributed by atoms with van der Waals surface area (Å²) in [5.74, 6) is 0. The van der Waals surface area contributed by atoms with Crippen LogP contribution in [0.1, 0.15) is 0 Å². The Morgan fingerprint density at radius 2 is 1.02 bits per heavy atom. The van der Waals surface area contributed by atoms with Crippen LogP contribution in [0, 0.1) is 0 Å². The molecule has 0 radical (unpaired) electrons. The lowest BCUT2D eigenvalue weighted by molar-refractivity contribution is 0.665. The van der Waals surface area contributed by atoms with Crippen LogP contribution in [0.2, 0.25) is 0 Å². The molecule has 5 heterocycles. The minimum absolute atomic E-state index is 0.796. The molecule has 5 heteroatoms. The van der Waals surface area contributed by atoms with Gasteiger partial charge in [-0.25, -0.2) is 0 Å². The van der Waals surface area contributed by atoms with Crippen LogP contribution >= 0.6 is 0 Å². The zero-order valence-electron chi connectivity index (χ0n) is 33.7.